The van der Waals surface area contributed by atoms with E-state index in [0.29, 0.717) is 6.10 Å². The van der Waals surface area contributed by atoms with Gasteiger partial charge in [0, 0.05) is 17.3 Å². The summed E-state index contributed by atoms with van der Waals surface area (Å²) in [6, 6.07) is 0. The van der Waals surface area contributed by atoms with Gasteiger partial charge in [0.25, 0.3) is 0 Å². The SMILES string of the molecule is CSCCSCC1CO1. The molecule has 0 saturated carbocycles. The molecule has 0 bridgehead atoms. The van der Waals surface area contributed by atoms with E-state index >= 15 is 0 Å². The Kier molecular flexibility index (Phi) is 3.86. The van der Waals surface area contributed by atoms with Crippen LogP contribution in [0, 0.1) is 0 Å². The Morgan fingerprint density at radius 2 is 2.33 bits per heavy atom. The molecular weight excluding hydrogens is 152 g/mol. The largest absolute Gasteiger partial charge is 0.372 e. The van der Waals surface area contributed by atoms with Crippen LogP contribution in [0.4, 0.5) is 0 Å². The highest BCUT2D eigenvalue weighted by Gasteiger charge is 2.21. The lowest BCUT2D eigenvalue weighted by atomic mass is 10.6. The molecule has 1 aliphatic rings. The lowest BCUT2D eigenvalue weighted by Crippen LogP contribution is -1.91. The van der Waals surface area contributed by atoms with E-state index in [4.69, 9.17) is 4.74 Å². The fourth-order valence-corrected chi connectivity index (χ4v) is 2.28. The van der Waals surface area contributed by atoms with Gasteiger partial charge in [0.1, 0.15) is 0 Å². The van der Waals surface area contributed by atoms with E-state index in [-0.39, 0.29) is 0 Å². The summed E-state index contributed by atoms with van der Waals surface area (Å²) in [4.78, 5) is 0. The first-order valence-electron chi connectivity index (χ1n) is 3.12. The lowest BCUT2D eigenvalue weighted by molar-refractivity contribution is 0.426. The molecule has 0 aromatic heterocycles. The number of ether oxygens (including phenoxy) is 1. The van der Waals surface area contributed by atoms with Gasteiger partial charge in [0.15, 0.2) is 0 Å². The van der Waals surface area contributed by atoms with Crippen molar-refractivity contribution in [1.82, 2.24) is 0 Å². The second-order valence-corrected chi connectivity index (χ2v) is 4.16. The molecule has 1 aliphatic heterocycles. The van der Waals surface area contributed by atoms with E-state index in [2.05, 4.69) is 6.26 Å². The third kappa shape index (κ3) is 4.12. The first-order valence-corrected chi connectivity index (χ1v) is 5.66. The number of hydrogen-bond donors (Lipinski definition) is 0. The molecule has 0 N–H and O–H groups in total. The Labute approximate surface area is 64.9 Å². The lowest BCUT2D eigenvalue weighted by Gasteiger charge is -1.94. The minimum Gasteiger partial charge on any atom is -0.372 e. The molecular formula is C6H12OS2. The molecule has 0 aliphatic carbocycles. The average molecular weight is 164 g/mol. The first kappa shape index (κ1) is 7.76. The maximum absolute atomic E-state index is 5.06. The highest BCUT2D eigenvalue weighted by atomic mass is 32.2. The Morgan fingerprint density at radius 1 is 1.56 bits per heavy atom. The van der Waals surface area contributed by atoms with Crippen LogP contribution in [0.2, 0.25) is 0 Å². The number of hydrogen-bond acceptors (Lipinski definition) is 3. The zero-order chi connectivity index (χ0) is 6.53. The van der Waals surface area contributed by atoms with E-state index in [1.807, 2.05) is 23.5 Å². The van der Waals surface area contributed by atoms with Crippen molar-refractivity contribution in [2.75, 3.05) is 30.1 Å². The maximum Gasteiger partial charge on any atom is 0.0900 e. The van der Waals surface area contributed by atoms with Gasteiger partial charge >= 0.3 is 0 Å². The predicted octanol–water partition coefficient (Wildman–Crippen LogP) is 1.48. The van der Waals surface area contributed by atoms with Gasteiger partial charge in [-0.15, -0.1) is 0 Å². The molecule has 3 heteroatoms. The fraction of sp³-hybridized carbons (Fsp3) is 1.00. The van der Waals surface area contributed by atoms with E-state index < -0.39 is 0 Å². The Bertz CT molecular complexity index is 73.5. The molecule has 1 nitrogen and oxygen atoms in total. The van der Waals surface area contributed by atoms with Crippen molar-refractivity contribution in [3.8, 4) is 0 Å². The summed E-state index contributed by atoms with van der Waals surface area (Å²) >= 11 is 3.91. The van der Waals surface area contributed by atoms with Gasteiger partial charge in [-0.3, -0.25) is 0 Å². The number of rotatable bonds is 5. The Hall–Kier alpha value is 0.660. The predicted molar refractivity (Wildman–Crippen MR) is 45.4 cm³/mol. The van der Waals surface area contributed by atoms with Crippen molar-refractivity contribution in [2.24, 2.45) is 0 Å². The van der Waals surface area contributed by atoms with Crippen molar-refractivity contribution in [1.29, 1.82) is 0 Å². The molecule has 1 fully saturated rings. The molecule has 1 atom stereocenters. The monoisotopic (exact) mass is 164 g/mol. The van der Waals surface area contributed by atoms with E-state index in [1.165, 1.54) is 17.3 Å². The smallest absolute Gasteiger partial charge is 0.0900 e. The highest BCUT2D eigenvalue weighted by molar-refractivity contribution is 8.02. The van der Waals surface area contributed by atoms with Crippen LogP contribution in [0.15, 0.2) is 0 Å². The summed E-state index contributed by atoms with van der Waals surface area (Å²) in [6.45, 7) is 1.01. The van der Waals surface area contributed by atoms with E-state index in [0.717, 1.165) is 6.61 Å². The molecule has 1 unspecified atom stereocenters. The third-order valence-electron chi connectivity index (χ3n) is 1.14. The van der Waals surface area contributed by atoms with Crippen molar-refractivity contribution in [2.45, 2.75) is 6.10 Å². The van der Waals surface area contributed by atoms with Gasteiger partial charge in [-0.05, 0) is 6.26 Å². The molecule has 1 heterocycles. The van der Waals surface area contributed by atoms with Crippen molar-refractivity contribution in [3.63, 3.8) is 0 Å². The molecule has 0 aromatic carbocycles. The van der Waals surface area contributed by atoms with Gasteiger partial charge in [-0.1, -0.05) is 0 Å². The quantitative estimate of drug-likeness (QED) is 0.451. The summed E-state index contributed by atoms with van der Waals surface area (Å²) in [5, 5.41) is 0. The van der Waals surface area contributed by atoms with E-state index in [9.17, 15) is 0 Å². The zero-order valence-electron chi connectivity index (χ0n) is 5.63. The van der Waals surface area contributed by atoms with Crippen LogP contribution in [0.3, 0.4) is 0 Å². The minimum absolute atomic E-state index is 0.608. The molecule has 9 heavy (non-hydrogen) atoms. The van der Waals surface area contributed by atoms with Crippen LogP contribution >= 0.6 is 23.5 Å². The van der Waals surface area contributed by atoms with Gasteiger partial charge < -0.3 is 4.74 Å². The summed E-state index contributed by atoms with van der Waals surface area (Å²) < 4.78 is 5.06. The highest BCUT2D eigenvalue weighted by Crippen LogP contribution is 2.16. The molecule has 54 valence electrons. The van der Waals surface area contributed by atoms with Crippen LogP contribution in [0.1, 0.15) is 0 Å². The standard InChI is InChI=1S/C6H12OS2/c1-8-2-3-9-5-6-4-7-6/h6H,2-5H2,1H3. The summed E-state index contributed by atoms with van der Waals surface area (Å²) in [5.41, 5.74) is 0. The number of epoxide rings is 1. The molecule has 1 rings (SSSR count). The van der Waals surface area contributed by atoms with Crippen molar-refractivity contribution in [3.05, 3.63) is 0 Å². The van der Waals surface area contributed by atoms with Crippen molar-refractivity contribution < 1.29 is 4.74 Å². The zero-order valence-corrected chi connectivity index (χ0v) is 7.26. The third-order valence-corrected chi connectivity index (χ3v) is 3.11. The van der Waals surface area contributed by atoms with Crippen LogP contribution in [0.5, 0.6) is 0 Å². The molecule has 0 amide bonds. The summed E-state index contributed by atoms with van der Waals surface area (Å²) in [6.07, 6.45) is 2.76. The summed E-state index contributed by atoms with van der Waals surface area (Å²) in [5.74, 6) is 3.76. The molecule has 0 radical (unpaired) electrons. The first-order chi connectivity index (χ1) is 4.43. The topological polar surface area (TPSA) is 12.5 Å². The van der Waals surface area contributed by atoms with Crippen LogP contribution in [-0.4, -0.2) is 36.2 Å². The fourth-order valence-electron chi connectivity index (χ4n) is 0.521. The molecule has 0 aromatic rings. The second kappa shape index (κ2) is 4.47. The Morgan fingerprint density at radius 3 is 2.89 bits per heavy atom. The minimum atomic E-state index is 0.608. The van der Waals surface area contributed by atoms with Crippen LogP contribution < -0.4 is 0 Å². The molecule has 1 saturated heterocycles. The van der Waals surface area contributed by atoms with Gasteiger partial charge in [0.2, 0.25) is 0 Å². The summed E-state index contributed by atoms with van der Waals surface area (Å²) in [7, 11) is 0. The Balaban J connectivity index is 1.71. The number of thioether (sulfide) groups is 2. The van der Waals surface area contributed by atoms with Crippen LogP contribution in [-0.2, 0) is 4.74 Å². The van der Waals surface area contributed by atoms with Gasteiger partial charge in [-0.25, -0.2) is 0 Å². The van der Waals surface area contributed by atoms with Gasteiger partial charge in [0.05, 0.1) is 12.7 Å². The normalized spacial score (nSPS) is 24.3. The average Bonchev–Trinajstić information content (AvgIpc) is 2.63. The van der Waals surface area contributed by atoms with Crippen LogP contribution in [0.25, 0.3) is 0 Å². The van der Waals surface area contributed by atoms with E-state index in [1.54, 1.807) is 0 Å². The maximum atomic E-state index is 5.06. The second-order valence-electron chi connectivity index (χ2n) is 2.02. The molecule has 0 spiro atoms. The van der Waals surface area contributed by atoms with Crippen molar-refractivity contribution >= 4 is 23.5 Å². The van der Waals surface area contributed by atoms with Gasteiger partial charge in [-0.2, -0.15) is 23.5 Å².